The van der Waals surface area contributed by atoms with Crippen molar-refractivity contribution in [1.82, 2.24) is 4.98 Å². The highest BCUT2D eigenvalue weighted by Crippen LogP contribution is 2.28. The summed E-state index contributed by atoms with van der Waals surface area (Å²) in [7, 11) is 0. The molecule has 0 fully saturated rings. The number of para-hydroxylation sites is 1. The average molecular weight is 283 g/mol. The number of nitrogens with one attached hydrogen (secondary N) is 2. The van der Waals surface area contributed by atoms with Crippen molar-refractivity contribution in [3.63, 3.8) is 0 Å². The number of pyridine rings is 1. The molecular weight excluding hydrogens is 270 g/mol. The fourth-order valence-corrected chi connectivity index (χ4v) is 1.79. The van der Waals surface area contributed by atoms with Gasteiger partial charge in [0.05, 0.1) is 16.2 Å². The number of nitriles is 1. The quantitative estimate of drug-likeness (QED) is 0.645. The van der Waals surface area contributed by atoms with Gasteiger partial charge in [-0.1, -0.05) is 12.1 Å². The van der Waals surface area contributed by atoms with E-state index < -0.39 is 4.92 Å². The topological polar surface area (TPSA) is 104 Å². The number of anilines is 3. The molecule has 1 aromatic heterocycles. The molecule has 2 rings (SSSR count). The molecule has 0 unspecified atom stereocenters. The van der Waals surface area contributed by atoms with E-state index >= 15 is 0 Å². The summed E-state index contributed by atoms with van der Waals surface area (Å²) in [5.41, 5.74) is 0.719. The molecule has 106 valence electrons. The van der Waals surface area contributed by atoms with Gasteiger partial charge in [-0.2, -0.15) is 5.26 Å². The van der Waals surface area contributed by atoms with E-state index in [1.165, 1.54) is 6.07 Å². The van der Waals surface area contributed by atoms with Crippen molar-refractivity contribution in [3.8, 4) is 6.07 Å². The van der Waals surface area contributed by atoms with E-state index in [2.05, 4.69) is 15.6 Å². The van der Waals surface area contributed by atoms with E-state index in [0.29, 0.717) is 23.6 Å². The Morgan fingerprint density at radius 1 is 1.33 bits per heavy atom. The lowest BCUT2D eigenvalue weighted by atomic mass is 10.2. The van der Waals surface area contributed by atoms with E-state index in [0.717, 1.165) is 0 Å². The zero-order valence-corrected chi connectivity index (χ0v) is 11.3. The van der Waals surface area contributed by atoms with Crippen LogP contribution in [-0.4, -0.2) is 16.5 Å². The lowest BCUT2D eigenvalue weighted by molar-refractivity contribution is -0.384. The maximum Gasteiger partial charge on any atom is 0.311 e. The van der Waals surface area contributed by atoms with Crippen LogP contribution in [0.25, 0.3) is 0 Å². The minimum atomic E-state index is -0.514. The first-order valence-corrected chi connectivity index (χ1v) is 6.31. The molecule has 0 aliphatic rings. The second-order valence-corrected chi connectivity index (χ2v) is 4.13. The van der Waals surface area contributed by atoms with Gasteiger partial charge >= 0.3 is 5.69 Å². The summed E-state index contributed by atoms with van der Waals surface area (Å²) in [5.74, 6) is 0.626. The third-order valence-corrected chi connectivity index (χ3v) is 2.73. The standard InChI is InChI=1S/C14H13N5O2/c1-2-16-13-8-7-12(19(20)21)14(18-13)17-11-6-4-3-5-10(11)9-15/h3-8H,2H2,1H3,(H2,16,17,18). The first-order valence-electron chi connectivity index (χ1n) is 6.31. The molecule has 0 spiro atoms. The van der Waals surface area contributed by atoms with Crippen LogP contribution in [-0.2, 0) is 0 Å². The number of nitro groups is 1. The normalized spacial score (nSPS) is 9.71. The van der Waals surface area contributed by atoms with Crippen molar-refractivity contribution in [2.45, 2.75) is 6.92 Å². The van der Waals surface area contributed by atoms with E-state index in [1.807, 2.05) is 13.0 Å². The maximum atomic E-state index is 11.1. The van der Waals surface area contributed by atoms with Gasteiger partial charge in [-0.05, 0) is 25.1 Å². The molecule has 0 bridgehead atoms. The SMILES string of the molecule is CCNc1ccc([N+](=O)[O-])c(Nc2ccccc2C#N)n1. The van der Waals surface area contributed by atoms with Gasteiger partial charge in [-0.25, -0.2) is 4.98 Å². The highest BCUT2D eigenvalue weighted by molar-refractivity contribution is 5.71. The number of hydrogen-bond donors (Lipinski definition) is 2. The minimum absolute atomic E-state index is 0.0983. The second-order valence-electron chi connectivity index (χ2n) is 4.13. The van der Waals surface area contributed by atoms with Crippen LogP contribution in [0.5, 0.6) is 0 Å². The molecule has 1 aromatic carbocycles. The summed E-state index contributed by atoms with van der Waals surface area (Å²) in [6.07, 6.45) is 0. The molecule has 2 N–H and O–H groups in total. The first kappa shape index (κ1) is 14.3. The van der Waals surface area contributed by atoms with Crippen LogP contribution in [0.15, 0.2) is 36.4 Å². The molecule has 0 aliphatic carbocycles. The van der Waals surface area contributed by atoms with Gasteiger partial charge in [-0.3, -0.25) is 10.1 Å². The van der Waals surface area contributed by atoms with Crippen molar-refractivity contribution in [2.24, 2.45) is 0 Å². The van der Waals surface area contributed by atoms with Gasteiger partial charge in [-0.15, -0.1) is 0 Å². The van der Waals surface area contributed by atoms with Gasteiger partial charge < -0.3 is 10.6 Å². The fraction of sp³-hybridized carbons (Fsp3) is 0.143. The van der Waals surface area contributed by atoms with Crippen LogP contribution in [0.3, 0.4) is 0 Å². The Morgan fingerprint density at radius 3 is 2.76 bits per heavy atom. The predicted molar refractivity (Wildman–Crippen MR) is 79.5 cm³/mol. The predicted octanol–water partition coefficient (Wildman–Crippen LogP) is 3.04. The minimum Gasteiger partial charge on any atom is -0.370 e. The van der Waals surface area contributed by atoms with Gasteiger partial charge in [0.1, 0.15) is 11.9 Å². The van der Waals surface area contributed by atoms with Crippen LogP contribution in [0.4, 0.5) is 23.0 Å². The van der Waals surface area contributed by atoms with Crippen LogP contribution >= 0.6 is 0 Å². The van der Waals surface area contributed by atoms with Gasteiger partial charge in [0.2, 0.25) is 5.82 Å². The lowest BCUT2D eigenvalue weighted by Gasteiger charge is -2.09. The molecule has 1 heterocycles. The monoisotopic (exact) mass is 283 g/mol. The van der Waals surface area contributed by atoms with E-state index in [-0.39, 0.29) is 11.5 Å². The molecule has 21 heavy (non-hydrogen) atoms. The molecular formula is C14H13N5O2. The molecule has 2 aromatic rings. The molecule has 0 saturated heterocycles. The lowest BCUT2D eigenvalue weighted by Crippen LogP contribution is -2.05. The highest BCUT2D eigenvalue weighted by Gasteiger charge is 2.17. The number of rotatable bonds is 5. The Hall–Kier alpha value is -3.14. The Kier molecular flexibility index (Phi) is 4.31. The summed E-state index contributed by atoms with van der Waals surface area (Å²) in [6, 6.07) is 11.7. The first-order chi connectivity index (χ1) is 10.2. The van der Waals surface area contributed by atoms with Crippen LogP contribution in [0.2, 0.25) is 0 Å². The average Bonchev–Trinajstić information content (AvgIpc) is 2.48. The Bertz CT molecular complexity index is 709. The molecule has 0 saturated carbocycles. The summed E-state index contributed by atoms with van der Waals surface area (Å²) in [5, 5.41) is 26.0. The van der Waals surface area contributed by atoms with Crippen LogP contribution < -0.4 is 10.6 Å². The number of nitrogens with zero attached hydrogens (tertiary/aromatic N) is 3. The van der Waals surface area contributed by atoms with Crippen molar-refractivity contribution < 1.29 is 4.92 Å². The van der Waals surface area contributed by atoms with Crippen molar-refractivity contribution in [3.05, 3.63) is 52.1 Å². The zero-order chi connectivity index (χ0) is 15.2. The molecule has 0 aliphatic heterocycles. The summed E-state index contributed by atoms with van der Waals surface area (Å²) in [4.78, 5) is 14.7. The zero-order valence-electron chi connectivity index (χ0n) is 11.3. The second kappa shape index (κ2) is 6.34. The van der Waals surface area contributed by atoms with E-state index in [4.69, 9.17) is 5.26 Å². The van der Waals surface area contributed by atoms with Crippen molar-refractivity contribution in [2.75, 3.05) is 17.2 Å². The molecule has 7 nitrogen and oxygen atoms in total. The summed E-state index contributed by atoms with van der Waals surface area (Å²) >= 11 is 0. The number of benzene rings is 1. The third-order valence-electron chi connectivity index (χ3n) is 2.73. The van der Waals surface area contributed by atoms with Crippen LogP contribution in [0.1, 0.15) is 12.5 Å². The Labute approximate surface area is 121 Å². The number of aromatic nitrogens is 1. The third kappa shape index (κ3) is 3.25. The van der Waals surface area contributed by atoms with E-state index in [9.17, 15) is 10.1 Å². The molecule has 0 amide bonds. The molecule has 7 heteroatoms. The summed E-state index contributed by atoms with van der Waals surface area (Å²) in [6.45, 7) is 2.56. The van der Waals surface area contributed by atoms with Gasteiger partial charge in [0.25, 0.3) is 0 Å². The maximum absolute atomic E-state index is 11.1. The van der Waals surface area contributed by atoms with Crippen LogP contribution in [0, 0.1) is 21.4 Å². The Morgan fingerprint density at radius 2 is 2.10 bits per heavy atom. The largest absolute Gasteiger partial charge is 0.370 e. The Balaban J connectivity index is 2.43. The highest BCUT2D eigenvalue weighted by atomic mass is 16.6. The van der Waals surface area contributed by atoms with E-state index in [1.54, 1.807) is 30.3 Å². The number of hydrogen-bond acceptors (Lipinski definition) is 6. The molecule has 0 atom stereocenters. The van der Waals surface area contributed by atoms with Gasteiger partial charge in [0.15, 0.2) is 0 Å². The molecule has 0 radical (unpaired) electrons. The van der Waals surface area contributed by atoms with Crippen molar-refractivity contribution in [1.29, 1.82) is 5.26 Å². The fourth-order valence-electron chi connectivity index (χ4n) is 1.79. The smallest absolute Gasteiger partial charge is 0.311 e. The van der Waals surface area contributed by atoms with Crippen molar-refractivity contribution >= 4 is 23.0 Å². The van der Waals surface area contributed by atoms with Gasteiger partial charge in [0, 0.05) is 12.6 Å². The summed E-state index contributed by atoms with van der Waals surface area (Å²) < 4.78 is 0.